The van der Waals surface area contributed by atoms with Crippen LogP contribution in [0.5, 0.6) is 0 Å². The van der Waals surface area contributed by atoms with Gasteiger partial charge in [-0.25, -0.2) is 9.78 Å². The lowest BCUT2D eigenvalue weighted by atomic mass is 10.2. The SMILES string of the molecule is CCOC(=O)c1cnc(C#Cc2cccc(Cl)c2)s1. The molecule has 0 saturated carbocycles. The van der Waals surface area contributed by atoms with Crippen molar-refractivity contribution in [3.8, 4) is 11.8 Å². The first-order valence-corrected chi connectivity index (χ1v) is 6.79. The summed E-state index contributed by atoms with van der Waals surface area (Å²) in [6.07, 6.45) is 1.48. The first-order valence-electron chi connectivity index (χ1n) is 5.59. The van der Waals surface area contributed by atoms with Crippen LogP contribution >= 0.6 is 22.9 Å². The van der Waals surface area contributed by atoms with E-state index in [1.54, 1.807) is 19.1 Å². The van der Waals surface area contributed by atoms with Crippen molar-refractivity contribution in [2.24, 2.45) is 0 Å². The fourth-order valence-electron chi connectivity index (χ4n) is 1.32. The van der Waals surface area contributed by atoms with Gasteiger partial charge in [0, 0.05) is 10.6 Å². The quantitative estimate of drug-likeness (QED) is 0.629. The molecule has 0 fully saturated rings. The topological polar surface area (TPSA) is 39.2 Å². The summed E-state index contributed by atoms with van der Waals surface area (Å²) in [5.41, 5.74) is 0.806. The van der Waals surface area contributed by atoms with Gasteiger partial charge in [-0.15, -0.1) is 0 Å². The van der Waals surface area contributed by atoms with Crippen molar-refractivity contribution in [2.45, 2.75) is 6.92 Å². The van der Waals surface area contributed by atoms with Gasteiger partial charge in [-0.3, -0.25) is 0 Å². The predicted molar refractivity (Wildman–Crippen MR) is 75.5 cm³/mol. The number of hydrogen-bond donors (Lipinski definition) is 0. The molecule has 19 heavy (non-hydrogen) atoms. The van der Waals surface area contributed by atoms with Gasteiger partial charge in [0.25, 0.3) is 0 Å². The van der Waals surface area contributed by atoms with Crippen LogP contribution in [-0.2, 0) is 4.74 Å². The molecule has 0 spiro atoms. The molecule has 0 unspecified atom stereocenters. The minimum Gasteiger partial charge on any atom is -0.462 e. The highest BCUT2D eigenvalue weighted by atomic mass is 35.5. The van der Waals surface area contributed by atoms with Gasteiger partial charge in [0.05, 0.1) is 12.8 Å². The number of thiazole rings is 1. The fraction of sp³-hybridized carbons (Fsp3) is 0.143. The van der Waals surface area contributed by atoms with Crippen LogP contribution < -0.4 is 0 Å². The van der Waals surface area contributed by atoms with Crippen molar-refractivity contribution in [1.29, 1.82) is 0 Å². The number of nitrogens with zero attached hydrogens (tertiary/aromatic N) is 1. The Hall–Kier alpha value is -1.83. The third-order valence-corrected chi connectivity index (χ3v) is 3.25. The van der Waals surface area contributed by atoms with E-state index in [1.165, 1.54) is 17.5 Å². The van der Waals surface area contributed by atoms with Gasteiger partial charge in [-0.1, -0.05) is 34.9 Å². The molecule has 0 aliphatic carbocycles. The zero-order valence-electron chi connectivity index (χ0n) is 10.1. The summed E-state index contributed by atoms with van der Waals surface area (Å²) in [5.74, 6) is 5.48. The number of carbonyl (C=O) groups is 1. The molecular weight excluding hydrogens is 282 g/mol. The van der Waals surface area contributed by atoms with Gasteiger partial charge < -0.3 is 4.74 Å². The molecule has 3 nitrogen and oxygen atoms in total. The number of benzene rings is 1. The third-order valence-electron chi connectivity index (χ3n) is 2.12. The average Bonchev–Trinajstić information content (AvgIpc) is 2.86. The van der Waals surface area contributed by atoms with Gasteiger partial charge in [-0.05, 0) is 31.0 Å². The standard InChI is InChI=1S/C14H10ClNO2S/c1-2-18-14(17)12-9-16-13(19-12)7-6-10-4-3-5-11(15)8-10/h3-5,8-9H,2H2,1H3. The lowest BCUT2D eigenvalue weighted by Gasteiger charge is -1.95. The molecular formula is C14H10ClNO2S. The Kier molecular flexibility index (Phi) is 4.56. The van der Waals surface area contributed by atoms with E-state index < -0.39 is 0 Å². The summed E-state index contributed by atoms with van der Waals surface area (Å²) < 4.78 is 4.89. The van der Waals surface area contributed by atoms with Crippen LogP contribution in [0, 0.1) is 11.8 Å². The molecule has 2 rings (SSSR count). The molecule has 1 aromatic heterocycles. The van der Waals surface area contributed by atoms with Crippen LogP contribution in [0.2, 0.25) is 5.02 Å². The summed E-state index contributed by atoms with van der Waals surface area (Å²) in [4.78, 5) is 16.0. The minimum absolute atomic E-state index is 0.347. The van der Waals surface area contributed by atoms with Crippen LogP contribution in [-0.4, -0.2) is 17.6 Å². The van der Waals surface area contributed by atoms with E-state index in [0.717, 1.165) is 5.56 Å². The van der Waals surface area contributed by atoms with Crippen LogP contribution in [0.25, 0.3) is 0 Å². The zero-order chi connectivity index (χ0) is 13.7. The first-order chi connectivity index (χ1) is 9.19. The van der Waals surface area contributed by atoms with Crippen molar-refractivity contribution in [3.63, 3.8) is 0 Å². The van der Waals surface area contributed by atoms with E-state index in [9.17, 15) is 4.79 Å². The highest BCUT2D eigenvalue weighted by Gasteiger charge is 2.09. The molecule has 0 atom stereocenters. The van der Waals surface area contributed by atoms with Crippen molar-refractivity contribution in [2.75, 3.05) is 6.61 Å². The Morgan fingerprint density at radius 3 is 3.05 bits per heavy atom. The molecule has 0 saturated heterocycles. The summed E-state index contributed by atoms with van der Waals surface area (Å²) in [6.45, 7) is 2.11. The second kappa shape index (κ2) is 6.37. The molecule has 0 bridgehead atoms. The minimum atomic E-state index is -0.365. The van der Waals surface area contributed by atoms with E-state index in [-0.39, 0.29) is 5.97 Å². The lowest BCUT2D eigenvalue weighted by Crippen LogP contribution is -2.01. The van der Waals surface area contributed by atoms with Crippen molar-refractivity contribution in [1.82, 2.24) is 4.98 Å². The Morgan fingerprint density at radius 2 is 2.32 bits per heavy atom. The molecule has 0 amide bonds. The lowest BCUT2D eigenvalue weighted by molar-refractivity contribution is 0.0532. The van der Waals surface area contributed by atoms with E-state index >= 15 is 0 Å². The molecule has 96 valence electrons. The largest absolute Gasteiger partial charge is 0.462 e. The summed E-state index contributed by atoms with van der Waals surface area (Å²) >= 11 is 7.08. The number of halogens is 1. The van der Waals surface area contributed by atoms with Crippen molar-refractivity contribution >= 4 is 28.9 Å². The van der Waals surface area contributed by atoms with E-state index in [2.05, 4.69) is 16.8 Å². The zero-order valence-corrected chi connectivity index (χ0v) is 11.7. The fourth-order valence-corrected chi connectivity index (χ4v) is 2.17. The van der Waals surface area contributed by atoms with Crippen LogP contribution in [0.4, 0.5) is 0 Å². The van der Waals surface area contributed by atoms with Gasteiger partial charge in [-0.2, -0.15) is 0 Å². The van der Waals surface area contributed by atoms with E-state index in [1.807, 2.05) is 12.1 Å². The summed E-state index contributed by atoms with van der Waals surface area (Å²) in [6, 6.07) is 7.25. The van der Waals surface area contributed by atoms with Gasteiger partial charge >= 0.3 is 5.97 Å². The number of esters is 1. The highest BCUT2D eigenvalue weighted by Crippen LogP contribution is 2.14. The first kappa shape index (κ1) is 13.6. The Bertz CT molecular complexity index is 655. The molecule has 2 aromatic rings. The average molecular weight is 292 g/mol. The highest BCUT2D eigenvalue weighted by molar-refractivity contribution is 7.14. The van der Waals surface area contributed by atoms with Gasteiger partial charge in [0.1, 0.15) is 4.88 Å². The summed E-state index contributed by atoms with van der Waals surface area (Å²) in [5, 5.41) is 1.21. The van der Waals surface area contributed by atoms with Crippen LogP contribution in [0.1, 0.15) is 27.2 Å². The van der Waals surface area contributed by atoms with Crippen LogP contribution in [0.3, 0.4) is 0 Å². The molecule has 0 aliphatic heterocycles. The molecule has 1 aromatic carbocycles. The van der Waals surface area contributed by atoms with Crippen molar-refractivity contribution < 1.29 is 9.53 Å². The van der Waals surface area contributed by atoms with E-state index in [0.29, 0.717) is 21.5 Å². The number of ether oxygens (including phenoxy) is 1. The Morgan fingerprint density at radius 1 is 1.47 bits per heavy atom. The van der Waals surface area contributed by atoms with Crippen molar-refractivity contribution in [3.05, 3.63) is 50.9 Å². The molecule has 1 heterocycles. The molecule has 0 aliphatic rings. The number of aromatic nitrogens is 1. The monoisotopic (exact) mass is 291 g/mol. The number of carbonyl (C=O) groups excluding carboxylic acids is 1. The number of hydrogen-bond acceptors (Lipinski definition) is 4. The predicted octanol–water partition coefficient (Wildman–Crippen LogP) is 3.37. The molecule has 5 heteroatoms. The molecule has 0 radical (unpaired) electrons. The Labute approximate surface area is 120 Å². The normalized spacial score (nSPS) is 9.58. The maximum absolute atomic E-state index is 11.5. The second-order valence-electron chi connectivity index (χ2n) is 3.51. The Balaban J connectivity index is 2.15. The maximum Gasteiger partial charge on any atom is 0.349 e. The summed E-state index contributed by atoms with van der Waals surface area (Å²) in [7, 11) is 0. The second-order valence-corrected chi connectivity index (χ2v) is 4.98. The van der Waals surface area contributed by atoms with Gasteiger partial charge in [0.15, 0.2) is 5.01 Å². The van der Waals surface area contributed by atoms with E-state index in [4.69, 9.17) is 16.3 Å². The van der Waals surface area contributed by atoms with Gasteiger partial charge in [0.2, 0.25) is 0 Å². The smallest absolute Gasteiger partial charge is 0.349 e. The maximum atomic E-state index is 11.5. The molecule has 0 N–H and O–H groups in total. The third kappa shape index (κ3) is 3.82. The van der Waals surface area contributed by atoms with Crippen LogP contribution in [0.15, 0.2) is 30.5 Å². The number of rotatable bonds is 2.